The lowest BCUT2D eigenvalue weighted by Crippen LogP contribution is -2.45. The molecular weight excluding hydrogens is 388 g/mol. The van der Waals surface area contributed by atoms with E-state index in [1.165, 1.54) is 6.92 Å². The minimum absolute atomic E-state index is 0.347. The minimum Gasteiger partial charge on any atom is -0.496 e. The molecule has 1 fully saturated rings. The summed E-state index contributed by atoms with van der Waals surface area (Å²) in [5, 5.41) is 2.68. The van der Waals surface area contributed by atoms with E-state index in [-0.39, 0.29) is 11.8 Å². The smallest absolute Gasteiger partial charge is 0.329 e. The number of carbonyl (C=O) groups excluding carboxylic acids is 4. The molecule has 1 aliphatic heterocycles. The average molecular weight is 414 g/mol. The molecule has 3 atom stereocenters. The van der Waals surface area contributed by atoms with E-state index in [1.54, 1.807) is 7.11 Å². The summed E-state index contributed by atoms with van der Waals surface area (Å²) in [5.74, 6) is -2.00. The van der Waals surface area contributed by atoms with Crippen LogP contribution >= 0.6 is 0 Å². The third-order valence-corrected chi connectivity index (χ3v) is 5.52. The fourth-order valence-electron chi connectivity index (χ4n) is 3.87. The number of hydrogen-bond donors (Lipinski definition) is 1. The third-order valence-electron chi connectivity index (χ3n) is 5.52. The maximum atomic E-state index is 12.5. The second-order valence-electron chi connectivity index (χ2n) is 7.40. The maximum absolute atomic E-state index is 12.5. The van der Waals surface area contributed by atoms with Crippen LogP contribution in [0.1, 0.15) is 25.3 Å². The highest BCUT2D eigenvalue weighted by molar-refractivity contribution is 6.08. The van der Waals surface area contributed by atoms with Crippen LogP contribution in [0.2, 0.25) is 0 Å². The number of esters is 1. The number of rotatable bonds is 8. The Morgan fingerprint density at radius 1 is 1.13 bits per heavy atom. The Balaban J connectivity index is 1.45. The highest BCUT2D eigenvalue weighted by Crippen LogP contribution is 2.36. The number of para-hydroxylation sites is 1. The first-order valence-corrected chi connectivity index (χ1v) is 10.0. The van der Waals surface area contributed by atoms with E-state index in [9.17, 15) is 19.2 Å². The highest BCUT2D eigenvalue weighted by atomic mass is 16.5. The quantitative estimate of drug-likeness (QED) is 0.390. The number of imide groups is 1. The molecule has 160 valence electrons. The van der Waals surface area contributed by atoms with Crippen LogP contribution in [0.5, 0.6) is 5.75 Å². The van der Waals surface area contributed by atoms with Gasteiger partial charge in [-0.05, 0) is 37.8 Å². The first-order chi connectivity index (χ1) is 14.4. The molecule has 1 aromatic carbocycles. The number of benzene rings is 1. The number of fused-ring (bicyclic) bond motifs is 1. The van der Waals surface area contributed by atoms with E-state index in [4.69, 9.17) is 9.47 Å². The number of allylic oxidation sites excluding steroid dienone is 2. The highest BCUT2D eigenvalue weighted by Gasteiger charge is 2.50. The van der Waals surface area contributed by atoms with Crippen LogP contribution < -0.4 is 10.1 Å². The van der Waals surface area contributed by atoms with Gasteiger partial charge >= 0.3 is 5.97 Å². The lowest BCUT2D eigenvalue weighted by molar-refractivity contribution is -0.159. The fourth-order valence-corrected chi connectivity index (χ4v) is 3.87. The van der Waals surface area contributed by atoms with Crippen molar-refractivity contribution in [2.24, 2.45) is 11.8 Å². The minimum atomic E-state index is -1.06. The number of likely N-dealkylation sites (tertiary alicyclic amines) is 1. The number of hydrogen-bond acceptors (Lipinski definition) is 6. The predicted molar refractivity (Wildman–Crippen MR) is 107 cm³/mol. The van der Waals surface area contributed by atoms with Gasteiger partial charge in [-0.3, -0.25) is 19.3 Å². The second kappa shape index (κ2) is 9.56. The standard InChI is InChI=1S/C22H26N2O6/c1-14(24-20(26)16-8-4-5-9-17(16)21(24)27)22(28)30-13-19(25)23-12-11-15-7-3-6-10-18(15)29-2/h3-7,10,14,16-17H,8-9,11-13H2,1-2H3,(H,23,25)/t14-,16-,17+/m0/s1. The summed E-state index contributed by atoms with van der Waals surface area (Å²) in [6, 6.07) is 6.44. The van der Waals surface area contributed by atoms with E-state index >= 15 is 0 Å². The van der Waals surface area contributed by atoms with Crippen LogP contribution in [0.15, 0.2) is 36.4 Å². The molecule has 0 aromatic heterocycles. The number of carbonyl (C=O) groups is 4. The SMILES string of the molecule is COc1ccccc1CCNC(=O)COC(=O)[C@H](C)N1C(=O)[C@H]2CC=CC[C@H]2C1=O. The van der Waals surface area contributed by atoms with Crippen molar-refractivity contribution in [3.63, 3.8) is 0 Å². The van der Waals surface area contributed by atoms with Gasteiger partial charge in [0.05, 0.1) is 18.9 Å². The zero-order chi connectivity index (χ0) is 21.7. The molecule has 8 nitrogen and oxygen atoms in total. The van der Waals surface area contributed by atoms with Gasteiger partial charge in [0.25, 0.3) is 5.91 Å². The zero-order valence-corrected chi connectivity index (χ0v) is 17.1. The molecule has 1 saturated heterocycles. The molecule has 0 radical (unpaired) electrons. The van der Waals surface area contributed by atoms with E-state index in [0.29, 0.717) is 25.8 Å². The third kappa shape index (κ3) is 4.53. The van der Waals surface area contributed by atoms with Crippen LogP contribution in [0.4, 0.5) is 0 Å². The molecule has 1 aliphatic carbocycles. The van der Waals surface area contributed by atoms with Crippen molar-refractivity contribution in [3.8, 4) is 5.75 Å². The van der Waals surface area contributed by atoms with Gasteiger partial charge in [-0.15, -0.1) is 0 Å². The van der Waals surface area contributed by atoms with Gasteiger partial charge < -0.3 is 14.8 Å². The van der Waals surface area contributed by atoms with Crippen molar-refractivity contribution < 1.29 is 28.7 Å². The van der Waals surface area contributed by atoms with Crippen molar-refractivity contribution in [3.05, 3.63) is 42.0 Å². The van der Waals surface area contributed by atoms with Crippen molar-refractivity contribution in [2.45, 2.75) is 32.2 Å². The number of nitrogens with one attached hydrogen (secondary N) is 1. The van der Waals surface area contributed by atoms with Gasteiger partial charge in [-0.25, -0.2) is 4.79 Å². The molecule has 3 amide bonds. The monoisotopic (exact) mass is 414 g/mol. The second-order valence-corrected chi connectivity index (χ2v) is 7.40. The van der Waals surface area contributed by atoms with Gasteiger partial charge in [0.2, 0.25) is 11.8 Å². The van der Waals surface area contributed by atoms with E-state index in [1.807, 2.05) is 36.4 Å². The van der Waals surface area contributed by atoms with Crippen LogP contribution in [0.25, 0.3) is 0 Å². The van der Waals surface area contributed by atoms with E-state index < -0.39 is 36.4 Å². The molecule has 0 bridgehead atoms. The Labute approximate surface area is 175 Å². The average Bonchev–Trinajstić information content (AvgIpc) is 3.02. The summed E-state index contributed by atoms with van der Waals surface area (Å²) in [4.78, 5) is 50.4. The van der Waals surface area contributed by atoms with Gasteiger partial charge in [0, 0.05) is 6.54 Å². The van der Waals surface area contributed by atoms with Crippen molar-refractivity contribution in [1.82, 2.24) is 10.2 Å². The first kappa shape index (κ1) is 21.5. The molecule has 0 spiro atoms. The van der Waals surface area contributed by atoms with Gasteiger partial charge in [-0.1, -0.05) is 30.4 Å². The van der Waals surface area contributed by atoms with Crippen LogP contribution in [-0.4, -0.2) is 54.9 Å². The fraction of sp³-hybridized carbons (Fsp3) is 0.455. The first-order valence-electron chi connectivity index (χ1n) is 10.0. The normalized spacial score (nSPS) is 21.2. The molecule has 1 aromatic rings. The Morgan fingerprint density at radius 3 is 2.40 bits per heavy atom. The van der Waals surface area contributed by atoms with Crippen LogP contribution in [-0.2, 0) is 30.3 Å². The predicted octanol–water partition coefficient (Wildman–Crippen LogP) is 1.24. The summed E-state index contributed by atoms with van der Waals surface area (Å²) in [6.45, 7) is 1.33. The summed E-state index contributed by atoms with van der Waals surface area (Å²) in [5.41, 5.74) is 0.952. The van der Waals surface area contributed by atoms with Crippen LogP contribution in [0, 0.1) is 11.8 Å². The van der Waals surface area contributed by atoms with Gasteiger partial charge in [0.1, 0.15) is 11.8 Å². The Morgan fingerprint density at radius 2 is 1.77 bits per heavy atom. The Kier molecular flexibility index (Phi) is 6.87. The summed E-state index contributed by atoms with van der Waals surface area (Å²) in [6.07, 6.45) is 5.33. The molecule has 3 rings (SSSR count). The van der Waals surface area contributed by atoms with E-state index in [0.717, 1.165) is 16.2 Å². The van der Waals surface area contributed by atoms with Crippen molar-refractivity contribution in [2.75, 3.05) is 20.3 Å². The largest absolute Gasteiger partial charge is 0.496 e. The zero-order valence-electron chi connectivity index (χ0n) is 17.1. The summed E-state index contributed by atoms with van der Waals surface area (Å²) >= 11 is 0. The molecule has 0 unspecified atom stereocenters. The lowest BCUT2D eigenvalue weighted by Gasteiger charge is -2.21. The summed E-state index contributed by atoms with van der Waals surface area (Å²) < 4.78 is 10.3. The van der Waals surface area contributed by atoms with Gasteiger partial charge in [-0.2, -0.15) is 0 Å². The topological polar surface area (TPSA) is 102 Å². The molecule has 1 N–H and O–H groups in total. The number of amides is 3. The van der Waals surface area contributed by atoms with Crippen molar-refractivity contribution >= 4 is 23.7 Å². The summed E-state index contributed by atoms with van der Waals surface area (Å²) in [7, 11) is 1.58. The maximum Gasteiger partial charge on any atom is 0.329 e. The molecule has 30 heavy (non-hydrogen) atoms. The molecular formula is C22H26N2O6. The molecule has 1 heterocycles. The van der Waals surface area contributed by atoms with Gasteiger partial charge in [0.15, 0.2) is 6.61 Å². The Bertz CT molecular complexity index is 839. The molecule has 0 saturated carbocycles. The lowest BCUT2D eigenvalue weighted by atomic mass is 9.85. The number of methoxy groups -OCH3 is 1. The molecule has 2 aliphatic rings. The van der Waals surface area contributed by atoms with Crippen LogP contribution in [0.3, 0.4) is 0 Å². The number of nitrogens with zero attached hydrogens (tertiary/aromatic N) is 1. The Hall–Kier alpha value is -3.16. The number of ether oxygens (including phenoxy) is 2. The van der Waals surface area contributed by atoms with E-state index in [2.05, 4.69) is 5.32 Å². The van der Waals surface area contributed by atoms with Crippen molar-refractivity contribution in [1.29, 1.82) is 0 Å². The molecule has 8 heteroatoms.